The lowest BCUT2D eigenvalue weighted by molar-refractivity contribution is -0.177. The van der Waals surface area contributed by atoms with Gasteiger partial charge in [0.15, 0.2) is 6.10 Å². The van der Waals surface area contributed by atoms with Gasteiger partial charge in [0, 0.05) is 12.8 Å². The SMILES string of the molecule is O=C(O)CCCCCC(=O)O[C@@H]([C@H](O)[C@@H](O)CO)[C@H](O)CO. The van der Waals surface area contributed by atoms with Gasteiger partial charge in [-0.2, -0.15) is 0 Å². The molecule has 0 aliphatic heterocycles. The maximum absolute atomic E-state index is 11.6. The number of aliphatic hydroxyl groups excluding tert-OH is 5. The van der Waals surface area contributed by atoms with Crippen molar-refractivity contribution in [1.82, 2.24) is 0 Å². The second-order valence-corrected chi connectivity index (χ2v) is 4.90. The Labute approximate surface area is 127 Å². The van der Waals surface area contributed by atoms with Gasteiger partial charge >= 0.3 is 11.9 Å². The van der Waals surface area contributed by atoms with Crippen LogP contribution in [-0.4, -0.2) is 80.2 Å². The monoisotopic (exact) mass is 324 g/mol. The molecule has 6 N–H and O–H groups in total. The van der Waals surface area contributed by atoms with Gasteiger partial charge in [0.1, 0.15) is 18.3 Å². The minimum atomic E-state index is -1.75. The molecule has 0 aromatic rings. The van der Waals surface area contributed by atoms with Gasteiger partial charge in [-0.15, -0.1) is 0 Å². The zero-order chi connectivity index (χ0) is 17.1. The van der Waals surface area contributed by atoms with Crippen LogP contribution in [0.25, 0.3) is 0 Å². The third-order valence-electron chi connectivity index (χ3n) is 3.02. The molecule has 0 aromatic heterocycles. The Morgan fingerprint density at radius 1 is 0.864 bits per heavy atom. The molecule has 0 heterocycles. The molecule has 0 aromatic carbocycles. The first kappa shape index (κ1) is 20.7. The van der Waals surface area contributed by atoms with Crippen LogP contribution in [-0.2, 0) is 14.3 Å². The van der Waals surface area contributed by atoms with E-state index in [1.807, 2.05) is 0 Å². The first-order valence-corrected chi connectivity index (χ1v) is 7.00. The largest absolute Gasteiger partial charge is 0.481 e. The number of carbonyl (C=O) groups is 2. The molecule has 4 atom stereocenters. The van der Waals surface area contributed by atoms with E-state index in [1.54, 1.807) is 0 Å². The van der Waals surface area contributed by atoms with E-state index in [2.05, 4.69) is 0 Å². The van der Waals surface area contributed by atoms with Crippen molar-refractivity contribution in [3.8, 4) is 0 Å². The molecule has 0 aliphatic rings. The number of aliphatic carboxylic acids is 1. The van der Waals surface area contributed by atoms with Gasteiger partial charge in [-0.3, -0.25) is 9.59 Å². The highest BCUT2D eigenvalue weighted by Gasteiger charge is 2.34. The molecule has 0 bridgehead atoms. The highest BCUT2D eigenvalue weighted by molar-refractivity contribution is 5.69. The van der Waals surface area contributed by atoms with E-state index in [-0.39, 0.29) is 12.8 Å². The minimum Gasteiger partial charge on any atom is -0.481 e. The Morgan fingerprint density at radius 3 is 1.91 bits per heavy atom. The van der Waals surface area contributed by atoms with E-state index < -0.39 is 49.6 Å². The van der Waals surface area contributed by atoms with Crippen LogP contribution in [0.5, 0.6) is 0 Å². The topological polar surface area (TPSA) is 165 Å². The molecular formula is C13H24O9. The Balaban J connectivity index is 4.30. The van der Waals surface area contributed by atoms with Gasteiger partial charge in [0.25, 0.3) is 0 Å². The number of carbonyl (C=O) groups excluding carboxylic acids is 1. The molecule has 0 fully saturated rings. The van der Waals surface area contributed by atoms with E-state index >= 15 is 0 Å². The van der Waals surface area contributed by atoms with E-state index in [4.69, 9.17) is 20.1 Å². The van der Waals surface area contributed by atoms with Crippen LogP contribution in [0.2, 0.25) is 0 Å². The molecule has 0 saturated carbocycles. The number of ether oxygens (including phenoxy) is 1. The highest BCUT2D eigenvalue weighted by atomic mass is 16.6. The number of carboxylic acid groups (broad SMARTS) is 1. The average molecular weight is 324 g/mol. The van der Waals surface area contributed by atoms with Gasteiger partial charge < -0.3 is 35.4 Å². The predicted molar refractivity (Wildman–Crippen MR) is 72.8 cm³/mol. The van der Waals surface area contributed by atoms with Gasteiger partial charge in [0.05, 0.1) is 13.2 Å². The summed E-state index contributed by atoms with van der Waals surface area (Å²) in [5, 5.41) is 54.6. The third kappa shape index (κ3) is 8.25. The Hall–Kier alpha value is -1.26. The Morgan fingerprint density at radius 2 is 1.41 bits per heavy atom. The fraction of sp³-hybridized carbons (Fsp3) is 0.846. The van der Waals surface area contributed by atoms with Crippen molar-refractivity contribution in [2.45, 2.75) is 56.5 Å². The van der Waals surface area contributed by atoms with Crippen molar-refractivity contribution in [3.63, 3.8) is 0 Å². The van der Waals surface area contributed by atoms with Crippen LogP contribution in [0.4, 0.5) is 0 Å². The lowest BCUT2D eigenvalue weighted by atomic mass is 10.0. The average Bonchev–Trinajstić information content (AvgIpc) is 2.49. The number of esters is 1. The van der Waals surface area contributed by atoms with Crippen molar-refractivity contribution in [2.75, 3.05) is 13.2 Å². The summed E-state index contributed by atoms with van der Waals surface area (Å²) in [5.74, 6) is -1.69. The molecule has 0 amide bonds. The summed E-state index contributed by atoms with van der Waals surface area (Å²) >= 11 is 0. The molecule has 9 nitrogen and oxygen atoms in total. The molecule has 0 aliphatic carbocycles. The zero-order valence-electron chi connectivity index (χ0n) is 12.2. The fourth-order valence-electron chi connectivity index (χ4n) is 1.74. The second-order valence-electron chi connectivity index (χ2n) is 4.90. The van der Waals surface area contributed by atoms with Gasteiger partial charge in [-0.1, -0.05) is 6.42 Å². The van der Waals surface area contributed by atoms with Gasteiger partial charge in [0.2, 0.25) is 0 Å². The van der Waals surface area contributed by atoms with Crippen LogP contribution in [0.1, 0.15) is 32.1 Å². The predicted octanol–water partition coefficient (Wildman–Crippen LogP) is -2.00. The summed E-state index contributed by atoms with van der Waals surface area (Å²) < 4.78 is 4.83. The number of rotatable bonds is 12. The van der Waals surface area contributed by atoms with Crippen molar-refractivity contribution in [3.05, 3.63) is 0 Å². The summed E-state index contributed by atoms with van der Waals surface area (Å²) in [6.45, 7) is -1.60. The lowest BCUT2D eigenvalue weighted by Gasteiger charge is -2.28. The van der Waals surface area contributed by atoms with E-state index in [0.717, 1.165) is 0 Å². The number of unbranched alkanes of at least 4 members (excludes halogenated alkanes) is 2. The molecule has 22 heavy (non-hydrogen) atoms. The second kappa shape index (κ2) is 11.3. The first-order valence-electron chi connectivity index (χ1n) is 7.00. The Kier molecular flexibility index (Phi) is 10.7. The van der Waals surface area contributed by atoms with Gasteiger partial charge in [-0.05, 0) is 12.8 Å². The van der Waals surface area contributed by atoms with Crippen molar-refractivity contribution >= 4 is 11.9 Å². The fourth-order valence-corrected chi connectivity index (χ4v) is 1.74. The highest BCUT2D eigenvalue weighted by Crippen LogP contribution is 2.12. The summed E-state index contributed by atoms with van der Waals surface area (Å²) in [5.41, 5.74) is 0. The maximum atomic E-state index is 11.6. The number of hydrogen-bond acceptors (Lipinski definition) is 8. The van der Waals surface area contributed by atoms with Crippen LogP contribution in [0.15, 0.2) is 0 Å². The summed E-state index contributed by atoms with van der Waals surface area (Å²) in [6.07, 6.45) is -5.33. The summed E-state index contributed by atoms with van der Waals surface area (Å²) in [4.78, 5) is 21.9. The van der Waals surface area contributed by atoms with E-state index in [0.29, 0.717) is 19.3 Å². The van der Waals surface area contributed by atoms with Crippen molar-refractivity contribution in [2.24, 2.45) is 0 Å². The minimum absolute atomic E-state index is 0.00229. The number of hydrogen-bond donors (Lipinski definition) is 6. The number of carboxylic acids is 1. The van der Waals surface area contributed by atoms with Crippen molar-refractivity contribution < 1.29 is 45.0 Å². The standard InChI is InChI=1S/C13H24O9/c14-6-8(16)12(21)13(9(17)7-15)22-11(20)5-3-1-2-4-10(18)19/h8-9,12-17,21H,1-7H2,(H,18,19)/t8-,9+,12+,13+/m0/s1. The molecule has 0 unspecified atom stereocenters. The maximum Gasteiger partial charge on any atom is 0.306 e. The smallest absolute Gasteiger partial charge is 0.306 e. The first-order chi connectivity index (χ1) is 10.3. The summed E-state index contributed by atoms with van der Waals surface area (Å²) in [6, 6.07) is 0. The number of aliphatic hydroxyl groups is 5. The molecule has 9 heteroatoms. The van der Waals surface area contributed by atoms with Crippen LogP contribution in [0.3, 0.4) is 0 Å². The van der Waals surface area contributed by atoms with E-state index in [9.17, 15) is 24.9 Å². The molecular weight excluding hydrogens is 300 g/mol. The van der Waals surface area contributed by atoms with Crippen LogP contribution < -0.4 is 0 Å². The molecule has 0 spiro atoms. The molecule has 0 saturated heterocycles. The lowest BCUT2D eigenvalue weighted by Crippen LogP contribution is -2.49. The molecule has 0 rings (SSSR count). The van der Waals surface area contributed by atoms with E-state index in [1.165, 1.54) is 0 Å². The summed E-state index contributed by atoms with van der Waals surface area (Å²) in [7, 11) is 0. The zero-order valence-corrected chi connectivity index (χ0v) is 12.2. The van der Waals surface area contributed by atoms with Crippen molar-refractivity contribution in [1.29, 1.82) is 0 Å². The molecule has 130 valence electrons. The Bertz CT molecular complexity index is 333. The quantitative estimate of drug-likeness (QED) is 0.176. The van der Waals surface area contributed by atoms with Gasteiger partial charge in [-0.25, -0.2) is 0 Å². The molecule has 0 radical (unpaired) electrons. The normalized spacial score (nSPS) is 16.6. The van der Waals surface area contributed by atoms with Crippen LogP contribution in [0, 0.1) is 0 Å². The third-order valence-corrected chi connectivity index (χ3v) is 3.02. The van der Waals surface area contributed by atoms with Crippen LogP contribution >= 0.6 is 0 Å².